The number of nitrogens with zero attached hydrogens (tertiary/aromatic N) is 1. The maximum absolute atomic E-state index is 10.4. The molecule has 6 heteroatoms. The Hall–Kier alpha value is -1.95. The number of nitro groups is 1. The summed E-state index contributed by atoms with van der Waals surface area (Å²) < 4.78 is 0. The van der Waals surface area contributed by atoms with Gasteiger partial charge in [-0.3, -0.25) is 14.9 Å². The molecule has 1 unspecified atom stereocenters. The van der Waals surface area contributed by atoms with Crippen LogP contribution in [0.15, 0.2) is 24.3 Å². The third kappa shape index (κ3) is 4.60. The van der Waals surface area contributed by atoms with Gasteiger partial charge < -0.3 is 10.4 Å². The Kier molecular flexibility index (Phi) is 4.59. The highest BCUT2D eigenvalue weighted by Crippen LogP contribution is 2.12. The molecule has 0 heterocycles. The Morgan fingerprint density at radius 3 is 2.53 bits per heavy atom. The van der Waals surface area contributed by atoms with Gasteiger partial charge in [-0.25, -0.2) is 0 Å². The molecule has 0 aliphatic rings. The summed E-state index contributed by atoms with van der Waals surface area (Å²) >= 11 is 0. The monoisotopic (exact) mass is 238 g/mol. The number of carboxylic acids is 1. The van der Waals surface area contributed by atoms with Gasteiger partial charge in [0.25, 0.3) is 5.69 Å². The fraction of sp³-hybridized carbons (Fsp3) is 0.364. The number of hydrogen-bond donors (Lipinski definition) is 2. The highest BCUT2D eigenvalue weighted by atomic mass is 16.6. The van der Waals surface area contributed by atoms with Crippen molar-refractivity contribution in [2.75, 3.05) is 6.54 Å². The van der Waals surface area contributed by atoms with Gasteiger partial charge in [-0.15, -0.1) is 0 Å². The first-order valence-corrected chi connectivity index (χ1v) is 5.17. The van der Waals surface area contributed by atoms with Crippen LogP contribution >= 0.6 is 0 Å². The van der Waals surface area contributed by atoms with E-state index in [4.69, 9.17) is 5.11 Å². The fourth-order valence-corrected chi connectivity index (χ4v) is 1.44. The van der Waals surface area contributed by atoms with Gasteiger partial charge in [0.2, 0.25) is 0 Å². The summed E-state index contributed by atoms with van der Waals surface area (Å²) in [5, 5.41) is 21.8. The fourth-order valence-electron chi connectivity index (χ4n) is 1.44. The minimum absolute atomic E-state index is 0.00700. The van der Waals surface area contributed by atoms with Crippen molar-refractivity contribution in [3.8, 4) is 0 Å². The zero-order valence-electron chi connectivity index (χ0n) is 9.42. The Morgan fingerprint density at radius 2 is 2.06 bits per heavy atom. The number of hydrogen-bond acceptors (Lipinski definition) is 4. The van der Waals surface area contributed by atoms with Gasteiger partial charge in [-0.2, -0.15) is 0 Å². The second kappa shape index (κ2) is 5.95. The second-order valence-corrected chi connectivity index (χ2v) is 3.80. The number of aliphatic carboxylic acids is 1. The molecule has 1 aromatic carbocycles. The maximum Gasteiger partial charge on any atom is 0.317 e. The van der Waals surface area contributed by atoms with Crippen molar-refractivity contribution in [3.63, 3.8) is 0 Å². The SMILES string of the molecule is CC(Cc1ccc([N+](=O)[O-])cc1)NCC(=O)O. The largest absolute Gasteiger partial charge is 0.480 e. The van der Waals surface area contributed by atoms with E-state index in [1.165, 1.54) is 12.1 Å². The molecular formula is C11H14N2O4. The standard InChI is InChI=1S/C11H14N2O4/c1-8(12-7-11(14)15)6-9-2-4-10(5-3-9)13(16)17/h2-5,8,12H,6-7H2,1H3,(H,14,15). The quantitative estimate of drug-likeness (QED) is 0.573. The van der Waals surface area contributed by atoms with Crippen LogP contribution in [0.25, 0.3) is 0 Å². The highest BCUT2D eigenvalue weighted by Gasteiger charge is 2.07. The molecule has 0 bridgehead atoms. The van der Waals surface area contributed by atoms with E-state index in [0.29, 0.717) is 6.42 Å². The molecule has 0 saturated carbocycles. The van der Waals surface area contributed by atoms with Crippen molar-refractivity contribution < 1.29 is 14.8 Å². The molecule has 0 aromatic heterocycles. The Morgan fingerprint density at radius 1 is 1.47 bits per heavy atom. The van der Waals surface area contributed by atoms with Gasteiger partial charge in [-0.05, 0) is 18.9 Å². The second-order valence-electron chi connectivity index (χ2n) is 3.80. The third-order valence-electron chi connectivity index (χ3n) is 2.29. The zero-order chi connectivity index (χ0) is 12.8. The van der Waals surface area contributed by atoms with E-state index >= 15 is 0 Å². The lowest BCUT2D eigenvalue weighted by molar-refractivity contribution is -0.384. The summed E-state index contributed by atoms with van der Waals surface area (Å²) in [7, 11) is 0. The van der Waals surface area contributed by atoms with Crippen molar-refractivity contribution in [1.29, 1.82) is 0 Å². The average molecular weight is 238 g/mol. The smallest absolute Gasteiger partial charge is 0.317 e. The third-order valence-corrected chi connectivity index (χ3v) is 2.29. The van der Waals surface area contributed by atoms with E-state index in [2.05, 4.69) is 5.32 Å². The molecule has 1 atom stereocenters. The molecule has 0 radical (unpaired) electrons. The molecule has 0 aliphatic heterocycles. The predicted molar refractivity (Wildman–Crippen MR) is 61.9 cm³/mol. The number of rotatable bonds is 6. The van der Waals surface area contributed by atoms with Crippen LogP contribution in [0.5, 0.6) is 0 Å². The summed E-state index contributed by atoms with van der Waals surface area (Å²) in [5.41, 5.74) is 0.987. The number of nitrogens with one attached hydrogen (secondary N) is 1. The van der Waals surface area contributed by atoms with Crippen LogP contribution in [-0.2, 0) is 11.2 Å². The van der Waals surface area contributed by atoms with Crippen LogP contribution < -0.4 is 5.32 Å². The van der Waals surface area contributed by atoms with Gasteiger partial charge in [0.1, 0.15) is 0 Å². The molecule has 92 valence electrons. The minimum Gasteiger partial charge on any atom is -0.480 e. The molecular weight excluding hydrogens is 224 g/mol. The molecule has 0 aliphatic carbocycles. The van der Waals surface area contributed by atoms with E-state index < -0.39 is 10.9 Å². The number of nitro benzene ring substituents is 1. The van der Waals surface area contributed by atoms with E-state index in [1.807, 2.05) is 6.92 Å². The molecule has 2 N–H and O–H groups in total. The van der Waals surface area contributed by atoms with Crippen molar-refractivity contribution in [3.05, 3.63) is 39.9 Å². The summed E-state index contributed by atoms with van der Waals surface area (Å²) in [6.07, 6.45) is 0.630. The Bertz CT molecular complexity index is 402. The lowest BCUT2D eigenvalue weighted by Crippen LogP contribution is -2.32. The van der Waals surface area contributed by atoms with E-state index in [1.54, 1.807) is 12.1 Å². The predicted octanol–water partition coefficient (Wildman–Crippen LogP) is 1.20. The van der Waals surface area contributed by atoms with Crippen LogP contribution in [0, 0.1) is 10.1 Å². The maximum atomic E-state index is 10.4. The molecule has 0 spiro atoms. The van der Waals surface area contributed by atoms with Crippen LogP contribution in [0.1, 0.15) is 12.5 Å². The number of carboxylic acid groups (broad SMARTS) is 1. The first kappa shape index (κ1) is 13.1. The lowest BCUT2D eigenvalue weighted by atomic mass is 10.1. The normalized spacial score (nSPS) is 12.1. The number of carbonyl (C=O) groups is 1. The van der Waals surface area contributed by atoms with Crippen LogP contribution in [0.2, 0.25) is 0 Å². The summed E-state index contributed by atoms with van der Waals surface area (Å²) in [6, 6.07) is 6.25. The number of non-ortho nitro benzene ring substituents is 1. The molecule has 1 aromatic rings. The van der Waals surface area contributed by atoms with Gasteiger partial charge in [-0.1, -0.05) is 12.1 Å². The van der Waals surface area contributed by atoms with Gasteiger partial charge in [0.05, 0.1) is 11.5 Å². The minimum atomic E-state index is -0.902. The zero-order valence-corrected chi connectivity index (χ0v) is 9.42. The van der Waals surface area contributed by atoms with Gasteiger partial charge >= 0.3 is 5.97 Å². The Labute approximate surface area is 98.4 Å². The van der Waals surface area contributed by atoms with Crippen LogP contribution in [-0.4, -0.2) is 28.6 Å². The first-order valence-electron chi connectivity index (χ1n) is 5.17. The van der Waals surface area contributed by atoms with Crippen molar-refractivity contribution >= 4 is 11.7 Å². The van der Waals surface area contributed by atoms with Crippen molar-refractivity contribution in [2.45, 2.75) is 19.4 Å². The first-order chi connectivity index (χ1) is 7.99. The molecule has 0 saturated heterocycles. The van der Waals surface area contributed by atoms with Gasteiger partial charge in [0.15, 0.2) is 0 Å². The highest BCUT2D eigenvalue weighted by molar-refractivity contribution is 5.69. The van der Waals surface area contributed by atoms with Crippen LogP contribution in [0.4, 0.5) is 5.69 Å². The molecule has 1 rings (SSSR count). The molecule has 0 fully saturated rings. The summed E-state index contributed by atoms with van der Waals surface area (Å²) in [5.74, 6) is -0.902. The van der Waals surface area contributed by atoms with E-state index in [9.17, 15) is 14.9 Å². The molecule has 17 heavy (non-hydrogen) atoms. The topological polar surface area (TPSA) is 92.5 Å². The lowest BCUT2D eigenvalue weighted by Gasteiger charge is -2.11. The summed E-state index contributed by atoms with van der Waals surface area (Å²) in [4.78, 5) is 20.3. The Balaban J connectivity index is 2.51. The van der Waals surface area contributed by atoms with Gasteiger partial charge in [0, 0.05) is 18.2 Å². The molecule has 6 nitrogen and oxygen atoms in total. The van der Waals surface area contributed by atoms with Crippen molar-refractivity contribution in [1.82, 2.24) is 5.32 Å². The molecule has 0 amide bonds. The average Bonchev–Trinajstić information content (AvgIpc) is 2.27. The van der Waals surface area contributed by atoms with Crippen molar-refractivity contribution in [2.24, 2.45) is 0 Å². The van der Waals surface area contributed by atoms with E-state index in [0.717, 1.165) is 5.56 Å². The van der Waals surface area contributed by atoms with Crippen LogP contribution in [0.3, 0.4) is 0 Å². The van der Waals surface area contributed by atoms with E-state index in [-0.39, 0.29) is 18.3 Å². The number of benzene rings is 1. The summed E-state index contributed by atoms with van der Waals surface area (Å²) in [6.45, 7) is 1.78.